The number of para-hydroxylation sites is 2. The molecule has 2 heterocycles. The zero-order chi connectivity index (χ0) is 19.0. The number of ether oxygens (including phenoxy) is 1. The van der Waals surface area contributed by atoms with Crippen LogP contribution in [0, 0.1) is 6.92 Å². The zero-order valence-corrected chi connectivity index (χ0v) is 15.1. The third-order valence-electron chi connectivity index (χ3n) is 4.52. The predicted octanol–water partition coefficient (Wildman–Crippen LogP) is 3.68. The van der Waals surface area contributed by atoms with Gasteiger partial charge in [-0.1, -0.05) is 30.3 Å². The molecule has 0 saturated carbocycles. The van der Waals surface area contributed by atoms with E-state index in [2.05, 4.69) is 4.98 Å². The molecule has 2 aromatic carbocycles. The van der Waals surface area contributed by atoms with Crippen molar-refractivity contribution in [3.05, 3.63) is 76.0 Å². The number of carbonyl (C=O) groups is 1. The number of rotatable bonds is 4. The minimum atomic E-state index is -0.463. The number of furan rings is 1. The van der Waals surface area contributed by atoms with E-state index in [1.165, 1.54) is 10.9 Å². The predicted molar refractivity (Wildman–Crippen MR) is 102 cm³/mol. The van der Waals surface area contributed by atoms with Gasteiger partial charge in [-0.05, 0) is 31.5 Å². The summed E-state index contributed by atoms with van der Waals surface area (Å²) >= 11 is 0. The molecule has 6 nitrogen and oxygen atoms in total. The standard InChI is InChI=1S/C21H18N2O4/c1-3-26-21(25)18-14-8-4-5-10-16(14)27-17(18)11-23-12-22-19-13(2)7-6-9-15(19)20(23)24/h4-10,12H,3,11H2,1-2H3. The Hall–Kier alpha value is -3.41. The molecule has 0 aliphatic heterocycles. The van der Waals surface area contributed by atoms with E-state index < -0.39 is 5.97 Å². The molecule has 6 heteroatoms. The van der Waals surface area contributed by atoms with Crippen LogP contribution in [-0.4, -0.2) is 22.1 Å². The molecule has 4 rings (SSSR count). The summed E-state index contributed by atoms with van der Waals surface area (Å²) in [4.78, 5) is 29.8. The Balaban J connectivity index is 1.86. The molecule has 0 atom stereocenters. The molecule has 136 valence electrons. The van der Waals surface area contributed by atoms with Crippen LogP contribution < -0.4 is 5.56 Å². The van der Waals surface area contributed by atoms with Gasteiger partial charge in [0, 0.05) is 5.39 Å². The Labute approximate surface area is 155 Å². The SMILES string of the molecule is CCOC(=O)c1c(Cn2cnc3c(C)cccc3c2=O)oc2ccccc12. The largest absolute Gasteiger partial charge is 0.462 e. The summed E-state index contributed by atoms with van der Waals surface area (Å²) in [6.07, 6.45) is 1.49. The lowest BCUT2D eigenvalue weighted by atomic mass is 10.1. The van der Waals surface area contributed by atoms with E-state index in [9.17, 15) is 9.59 Å². The van der Waals surface area contributed by atoms with Crippen LogP contribution in [-0.2, 0) is 11.3 Å². The number of benzene rings is 2. The van der Waals surface area contributed by atoms with Crippen LogP contribution >= 0.6 is 0 Å². The molecule has 0 aliphatic rings. The van der Waals surface area contributed by atoms with Gasteiger partial charge in [-0.25, -0.2) is 9.78 Å². The number of fused-ring (bicyclic) bond motifs is 2. The summed E-state index contributed by atoms with van der Waals surface area (Å²) in [5.74, 6) is -0.0827. The summed E-state index contributed by atoms with van der Waals surface area (Å²) in [5.41, 5.74) is 2.36. The van der Waals surface area contributed by atoms with Gasteiger partial charge in [0.2, 0.25) is 0 Å². The van der Waals surface area contributed by atoms with Gasteiger partial charge < -0.3 is 9.15 Å². The lowest BCUT2D eigenvalue weighted by Gasteiger charge is -2.08. The molecule has 0 saturated heterocycles. The summed E-state index contributed by atoms with van der Waals surface area (Å²) in [5, 5.41) is 1.20. The highest BCUT2D eigenvalue weighted by molar-refractivity contribution is 6.04. The van der Waals surface area contributed by atoms with Crippen LogP contribution in [0.1, 0.15) is 28.6 Å². The number of aromatic nitrogens is 2. The maximum atomic E-state index is 12.9. The Kier molecular flexibility index (Phi) is 4.24. The van der Waals surface area contributed by atoms with Crippen LogP contribution in [0.15, 0.2) is 58.0 Å². The summed E-state index contributed by atoms with van der Waals surface area (Å²) in [6.45, 7) is 4.02. The second-order valence-corrected chi connectivity index (χ2v) is 6.27. The average Bonchev–Trinajstić information content (AvgIpc) is 3.03. The molecular formula is C21H18N2O4. The second kappa shape index (κ2) is 6.72. The molecule has 0 amide bonds. The highest BCUT2D eigenvalue weighted by Gasteiger charge is 2.22. The Bertz CT molecular complexity index is 1220. The Morgan fingerprint density at radius 3 is 2.74 bits per heavy atom. The van der Waals surface area contributed by atoms with Gasteiger partial charge in [0.15, 0.2) is 0 Å². The fourth-order valence-corrected chi connectivity index (χ4v) is 3.24. The second-order valence-electron chi connectivity index (χ2n) is 6.27. The van der Waals surface area contributed by atoms with E-state index in [0.29, 0.717) is 33.2 Å². The van der Waals surface area contributed by atoms with Crippen LogP contribution in [0.5, 0.6) is 0 Å². The van der Waals surface area contributed by atoms with Gasteiger partial charge in [-0.15, -0.1) is 0 Å². The van der Waals surface area contributed by atoms with Crippen LogP contribution in [0.4, 0.5) is 0 Å². The lowest BCUT2D eigenvalue weighted by molar-refractivity contribution is 0.0525. The topological polar surface area (TPSA) is 74.3 Å². The third kappa shape index (κ3) is 2.89. The summed E-state index contributed by atoms with van der Waals surface area (Å²) < 4.78 is 12.5. The number of nitrogens with zero attached hydrogens (tertiary/aromatic N) is 2. The molecule has 0 N–H and O–H groups in total. The van der Waals surface area contributed by atoms with Crippen LogP contribution in [0.3, 0.4) is 0 Å². The number of hydrogen-bond donors (Lipinski definition) is 0. The summed E-state index contributed by atoms with van der Waals surface area (Å²) in [6, 6.07) is 12.7. The molecular weight excluding hydrogens is 344 g/mol. The van der Waals surface area contributed by atoms with Gasteiger partial charge in [0.1, 0.15) is 16.9 Å². The molecule has 0 spiro atoms. The number of esters is 1. The van der Waals surface area contributed by atoms with Crippen LogP contribution in [0.25, 0.3) is 21.9 Å². The normalized spacial score (nSPS) is 11.2. The minimum Gasteiger partial charge on any atom is -0.462 e. The molecule has 0 unspecified atom stereocenters. The highest BCUT2D eigenvalue weighted by Crippen LogP contribution is 2.27. The van der Waals surface area contributed by atoms with E-state index in [0.717, 1.165) is 5.56 Å². The molecule has 0 aliphatic carbocycles. The monoisotopic (exact) mass is 362 g/mol. The fraction of sp³-hybridized carbons (Fsp3) is 0.190. The first-order chi connectivity index (χ1) is 13.1. The van der Waals surface area contributed by atoms with Crippen molar-refractivity contribution in [3.63, 3.8) is 0 Å². The van der Waals surface area contributed by atoms with E-state index in [-0.39, 0.29) is 18.7 Å². The molecule has 0 radical (unpaired) electrons. The van der Waals surface area contributed by atoms with Gasteiger partial charge in [-0.3, -0.25) is 9.36 Å². The zero-order valence-electron chi connectivity index (χ0n) is 15.1. The van der Waals surface area contributed by atoms with Crippen molar-refractivity contribution < 1.29 is 13.9 Å². The van der Waals surface area contributed by atoms with Crippen molar-refractivity contribution in [2.75, 3.05) is 6.61 Å². The smallest absolute Gasteiger partial charge is 0.342 e. The van der Waals surface area contributed by atoms with Gasteiger partial charge >= 0.3 is 5.97 Å². The van der Waals surface area contributed by atoms with Crippen molar-refractivity contribution in [1.29, 1.82) is 0 Å². The first-order valence-electron chi connectivity index (χ1n) is 8.72. The highest BCUT2D eigenvalue weighted by atomic mass is 16.5. The number of carbonyl (C=O) groups excluding carboxylic acids is 1. The third-order valence-corrected chi connectivity index (χ3v) is 4.52. The maximum absolute atomic E-state index is 12.9. The fourth-order valence-electron chi connectivity index (χ4n) is 3.24. The van der Waals surface area contributed by atoms with Crippen LogP contribution in [0.2, 0.25) is 0 Å². The van der Waals surface area contributed by atoms with Gasteiger partial charge in [-0.2, -0.15) is 0 Å². The average molecular weight is 362 g/mol. The molecule has 27 heavy (non-hydrogen) atoms. The lowest BCUT2D eigenvalue weighted by Crippen LogP contribution is -2.22. The minimum absolute atomic E-state index is 0.0958. The summed E-state index contributed by atoms with van der Waals surface area (Å²) in [7, 11) is 0. The van der Waals surface area contributed by atoms with Gasteiger partial charge in [0.05, 0.1) is 30.4 Å². The number of aryl methyl sites for hydroxylation is 1. The Morgan fingerprint density at radius 2 is 1.93 bits per heavy atom. The molecule has 4 aromatic rings. The molecule has 0 fully saturated rings. The van der Waals surface area contributed by atoms with E-state index in [1.807, 2.05) is 31.2 Å². The first kappa shape index (κ1) is 17.0. The molecule has 0 bridgehead atoms. The number of hydrogen-bond acceptors (Lipinski definition) is 5. The van der Waals surface area contributed by atoms with E-state index >= 15 is 0 Å². The molecule has 2 aromatic heterocycles. The van der Waals surface area contributed by atoms with Crippen molar-refractivity contribution in [2.24, 2.45) is 0 Å². The van der Waals surface area contributed by atoms with Crippen molar-refractivity contribution >= 4 is 27.8 Å². The van der Waals surface area contributed by atoms with Crippen molar-refractivity contribution in [1.82, 2.24) is 9.55 Å². The van der Waals surface area contributed by atoms with Crippen molar-refractivity contribution in [3.8, 4) is 0 Å². The quantitative estimate of drug-likeness (QED) is 0.518. The maximum Gasteiger partial charge on any atom is 0.342 e. The van der Waals surface area contributed by atoms with Gasteiger partial charge in [0.25, 0.3) is 5.56 Å². The van der Waals surface area contributed by atoms with E-state index in [4.69, 9.17) is 9.15 Å². The Morgan fingerprint density at radius 1 is 1.15 bits per heavy atom. The van der Waals surface area contributed by atoms with E-state index in [1.54, 1.807) is 25.1 Å². The van der Waals surface area contributed by atoms with Crippen molar-refractivity contribution in [2.45, 2.75) is 20.4 Å². The first-order valence-corrected chi connectivity index (χ1v) is 8.72.